The van der Waals surface area contributed by atoms with Crippen LogP contribution in [0, 0.1) is 0 Å². The summed E-state index contributed by atoms with van der Waals surface area (Å²) in [5.74, 6) is 0. The highest BCUT2D eigenvalue weighted by atomic mass is 14.5. The van der Waals surface area contributed by atoms with Crippen molar-refractivity contribution >= 4 is 75.4 Å². The Morgan fingerprint density at radius 2 is 0.667 bits per heavy atom. The van der Waals surface area contributed by atoms with Crippen molar-refractivity contribution in [3.05, 3.63) is 228 Å². The first-order valence-electron chi connectivity index (χ1n) is 24.8. The van der Waals surface area contributed by atoms with Gasteiger partial charge in [-0.3, -0.25) is 0 Å². The molecular weight excluding hydrogens is 829 g/mol. The summed E-state index contributed by atoms with van der Waals surface area (Å²) in [6, 6.07) is 75.9. The molecule has 0 fully saturated rings. The fourth-order valence-electron chi connectivity index (χ4n) is 13.2. The number of fused-ring (bicyclic) bond motifs is 11. The fraction of sp³-hybridized carbons (Fsp3) is 0.130. The van der Waals surface area contributed by atoms with Crippen LogP contribution in [-0.4, -0.2) is 0 Å². The van der Waals surface area contributed by atoms with Gasteiger partial charge in [-0.1, -0.05) is 193 Å². The first-order chi connectivity index (χ1) is 33.4. The molecule has 0 bridgehead atoms. The molecule has 0 saturated heterocycles. The molecule has 69 heavy (non-hydrogen) atoms. The molecule has 0 radical (unpaired) electrons. The topological polar surface area (TPSA) is 0 Å². The Morgan fingerprint density at radius 3 is 1.14 bits per heavy atom. The van der Waals surface area contributed by atoms with Crippen molar-refractivity contribution in [2.75, 3.05) is 0 Å². The van der Waals surface area contributed by atoms with E-state index in [0.29, 0.717) is 0 Å². The molecule has 0 heterocycles. The molecule has 0 atom stereocenters. The molecule has 13 aromatic rings. The first-order valence-corrected chi connectivity index (χ1v) is 24.8. The molecule has 0 amide bonds. The van der Waals surface area contributed by atoms with E-state index in [2.05, 4.69) is 236 Å². The average Bonchev–Trinajstić information content (AvgIpc) is 3.81. The standard InChI is InChI=1S/C69H50/c1-67(2,3)51-32-45-22-18-41-28-49(29-42-19-23-46(33-51)65(45)63(41)42)39-26-27-56-58-36-40-12-11-15-53(50-30-43-20-24-47-34-52(68(4,5)6)35-48-25-21-44(31-50)64(43)66(47)48)57(40)38-62(58)69(61(56)37-39)59-16-9-7-13-54(59)55-14-8-10-17-60(55)69/h7-38H,1-6H3. The van der Waals surface area contributed by atoms with Crippen molar-refractivity contribution in [3.63, 3.8) is 0 Å². The van der Waals surface area contributed by atoms with Gasteiger partial charge >= 0.3 is 0 Å². The van der Waals surface area contributed by atoms with Crippen molar-refractivity contribution in [1.82, 2.24) is 0 Å². The minimum absolute atomic E-state index is 0.0833. The Kier molecular flexibility index (Phi) is 7.53. The molecule has 13 aromatic carbocycles. The third-order valence-corrected chi connectivity index (χ3v) is 16.5. The Morgan fingerprint density at radius 1 is 0.261 bits per heavy atom. The summed E-state index contributed by atoms with van der Waals surface area (Å²) in [4.78, 5) is 0. The molecule has 15 rings (SSSR count). The maximum absolute atomic E-state index is 2.58. The van der Waals surface area contributed by atoms with Gasteiger partial charge in [0, 0.05) is 0 Å². The molecule has 2 aliphatic carbocycles. The maximum atomic E-state index is 2.58. The Balaban J connectivity index is 0.945. The molecule has 326 valence electrons. The van der Waals surface area contributed by atoms with E-state index in [9.17, 15) is 0 Å². The van der Waals surface area contributed by atoms with Crippen LogP contribution in [0.2, 0.25) is 0 Å². The van der Waals surface area contributed by atoms with Crippen LogP contribution >= 0.6 is 0 Å². The van der Waals surface area contributed by atoms with Crippen LogP contribution in [0.25, 0.3) is 120 Å². The fourth-order valence-corrected chi connectivity index (χ4v) is 13.2. The normalized spacial score (nSPS) is 14.1. The van der Waals surface area contributed by atoms with Gasteiger partial charge in [-0.15, -0.1) is 0 Å². The largest absolute Gasteiger partial charge is 0.0725 e. The summed E-state index contributed by atoms with van der Waals surface area (Å²) in [7, 11) is 0. The third-order valence-electron chi connectivity index (χ3n) is 16.5. The second-order valence-corrected chi connectivity index (χ2v) is 22.5. The number of rotatable bonds is 2. The summed E-state index contributed by atoms with van der Waals surface area (Å²) in [6.45, 7) is 13.9. The zero-order valence-corrected chi connectivity index (χ0v) is 40.0. The van der Waals surface area contributed by atoms with Crippen molar-refractivity contribution in [1.29, 1.82) is 0 Å². The van der Waals surface area contributed by atoms with Gasteiger partial charge in [-0.25, -0.2) is 0 Å². The lowest BCUT2D eigenvalue weighted by Crippen LogP contribution is -2.26. The van der Waals surface area contributed by atoms with Crippen LogP contribution in [0.5, 0.6) is 0 Å². The van der Waals surface area contributed by atoms with E-state index in [0.717, 1.165) is 0 Å². The molecule has 2 aliphatic rings. The Labute approximate surface area is 403 Å². The van der Waals surface area contributed by atoms with Gasteiger partial charge in [0.05, 0.1) is 5.41 Å². The van der Waals surface area contributed by atoms with Crippen LogP contribution < -0.4 is 0 Å². The van der Waals surface area contributed by atoms with Crippen molar-refractivity contribution in [2.45, 2.75) is 57.8 Å². The summed E-state index contributed by atoms with van der Waals surface area (Å²) < 4.78 is 0. The zero-order chi connectivity index (χ0) is 46.3. The van der Waals surface area contributed by atoms with Gasteiger partial charge < -0.3 is 0 Å². The minimum atomic E-state index is -0.491. The summed E-state index contributed by atoms with van der Waals surface area (Å²) >= 11 is 0. The number of hydrogen-bond acceptors (Lipinski definition) is 0. The van der Waals surface area contributed by atoms with E-state index >= 15 is 0 Å². The molecule has 0 aromatic heterocycles. The van der Waals surface area contributed by atoms with Gasteiger partial charge in [-0.2, -0.15) is 0 Å². The predicted octanol–water partition coefficient (Wildman–Crippen LogP) is 18.9. The van der Waals surface area contributed by atoms with E-state index in [1.54, 1.807) is 0 Å². The van der Waals surface area contributed by atoms with E-state index in [1.807, 2.05) is 0 Å². The Hall–Kier alpha value is -7.80. The maximum Gasteiger partial charge on any atom is 0.0725 e. The van der Waals surface area contributed by atoms with Crippen molar-refractivity contribution in [3.8, 4) is 44.5 Å². The van der Waals surface area contributed by atoms with E-state index < -0.39 is 5.41 Å². The molecular formula is C69H50. The van der Waals surface area contributed by atoms with Gasteiger partial charge in [0.25, 0.3) is 0 Å². The molecule has 0 N–H and O–H groups in total. The van der Waals surface area contributed by atoms with Crippen LogP contribution in [0.3, 0.4) is 0 Å². The van der Waals surface area contributed by atoms with Gasteiger partial charge in [-0.05, 0) is 207 Å². The van der Waals surface area contributed by atoms with Crippen molar-refractivity contribution in [2.24, 2.45) is 0 Å². The number of hydrogen-bond donors (Lipinski definition) is 0. The molecule has 1 spiro atoms. The summed E-state index contributed by atoms with van der Waals surface area (Å²) in [5.41, 5.74) is 18.2. The van der Waals surface area contributed by atoms with E-state index in [1.165, 1.54) is 153 Å². The highest BCUT2D eigenvalue weighted by Crippen LogP contribution is 2.64. The summed E-state index contributed by atoms with van der Waals surface area (Å²) in [5, 5.41) is 18.5. The highest BCUT2D eigenvalue weighted by Gasteiger charge is 2.52. The van der Waals surface area contributed by atoms with E-state index in [-0.39, 0.29) is 10.8 Å². The highest BCUT2D eigenvalue weighted by molar-refractivity contribution is 6.25. The van der Waals surface area contributed by atoms with E-state index in [4.69, 9.17) is 0 Å². The van der Waals surface area contributed by atoms with Crippen LogP contribution in [0.15, 0.2) is 194 Å². The number of benzene rings is 13. The van der Waals surface area contributed by atoms with Crippen LogP contribution in [-0.2, 0) is 16.2 Å². The molecule has 0 aliphatic heterocycles. The lowest BCUT2D eigenvalue weighted by molar-refractivity contribution is 0.591. The second kappa shape index (κ2) is 13.2. The smallest absolute Gasteiger partial charge is 0.0619 e. The minimum Gasteiger partial charge on any atom is -0.0619 e. The lowest BCUT2D eigenvalue weighted by Gasteiger charge is -2.31. The van der Waals surface area contributed by atoms with Gasteiger partial charge in [0.15, 0.2) is 0 Å². The SMILES string of the molecule is CC(C)(C)c1cc2ccc3cc(-c4ccc5c(c4)C4(c6ccccc6-c6ccccc64)c4cc6c(-c7cc8ccc9cc(C(C)(C)C)cc%10ccc(c7)c8c9%10)cccc6cc4-5)cc4ccc(c1)c2c34. The van der Waals surface area contributed by atoms with Gasteiger partial charge in [0.1, 0.15) is 0 Å². The second-order valence-electron chi connectivity index (χ2n) is 22.5. The Bertz CT molecular complexity index is 4190. The quantitative estimate of drug-likeness (QED) is 0.152. The van der Waals surface area contributed by atoms with Crippen LogP contribution in [0.4, 0.5) is 0 Å². The summed E-state index contributed by atoms with van der Waals surface area (Å²) in [6.07, 6.45) is 0. The third kappa shape index (κ3) is 5.24. The predicted molar refractivity (Wildman–Crippen MR) is 296 cm³/mol. The zero-order valence-electron chi connectivity index (χ0n) is 40.0. The average molecular weight is 879 g/mol. The van der Waals surface area contributed by atoms with Gasteiger partial charge in [0.2, 0.25) is 0 Å². The molecule has 0 nitrogen and oxygen atoms in total. The lowest BCUT2D eigenvalue weighted by atomic mass is 9.70. The molecule has 0 saturated carbocycles. The van der Waals surface area contributed by atoms with Crippen LogP contribution in [0.1, 0.15) is 74.9 Å². The monoisotopic (exact) mass is 878 g/mol. The molecule has 0 heteroatoms. The molecule has 0 unspecified atom stereocenters. The first kappa shape index (κ1) is 39.2. The van der Waals surface area contributed by atoms with Crippen molar-refractivity contribution < 1.29 is 0 Å².